The number of nitrogens with zero attached hydrogens (tertiary/aromatic N) is 4. The first kappa shape index (κ1) is 20.9. The number of sulfonamides is 1. The highest BCUT2D eigenvalue weighted by molar-refractivity contribution is 7.89. The van der Waals surface area contributed by atoms with Gasteiger partial charge in [0.2, 0.25) is 16.0 Å². The number of hydrogen-bond donors (Lipinski definition) is 2. The van der Waals surface area contributed by atoms with Gasteiger partial charge in [-0.1, -0.05) is 6.92 Å². The standard InChI is InChI=1S/C19H24N6O3S/c1-3-11-25-14-20-13-18(25)17-8-9-21-19(24-17)23-15-4-6-16(7-5-15)29(26,27)22-10-12-28-2/h4-9,13-14,22H,3,10-12H2,1-2H3,(H,21,23,24). The Labute approximate surface area is 170 Å². The SMILES string of the molecule is CCCn1cncc1-c1ccnc(Nc2ccc(S(=O)(=O)NCCOC)cc2)n1. The molecule has 0 aliphatic rings. The maximum absolute atomic E-state index is 12.2. The third-order valence-electron chi connectivity index (χ3n) is 4.11. The van der Waals surface area contributed by atoms with Gasteiger partial charge in [-0.25, -0.2) is 28.1 Å². The zero-order valence-electron chi connectivity index (χ0n) is 16.4. The molecule has 0 bridgehead atoms. The van der Waals surface area contributed by atoms with Crippen molar-refractivity contribution in [1.82, 2.24) is 24.2 Å². The minimum Gasteiger partial charge on any atom is -0.383 e. The summed E-state index contributed by atoms with van der Waals surface area (Å²) in [7, 11) is -2.05. The van der Waals surface area contributed by atoms with Crippen LogP contribution in [-0.4, -0.2) is 48.2 Å². The molecule has 10 heteroatoms. The predicted octanol–water partition coefficient (Wildman–Crippen LogP) is 2.42. The largest absolute Gasteiger partial charge is 0.383 e. The van der Waals surface area contributed by atoms with Crippen LogP contribution in [0.3, 0.4) is 0 Å². The fraction of sp³-hybridized carbons (Fsp3) is 0.316. The van der Waals surface area contributed by atoms with Crippen molar-refractivity contribution in [3.8, 4) is 11.4 Å². The van der Waals surface area contributed by atoms with Gasteiger partial charge in [-0.15, -0.1) is 0 Å². The van der Waals surface area contributed by atoms with Crippen molar-refractivity contribution >= 4 is 21.7 Å². The van der Waals surface area contributed by atoms with E-state index in [1.54, 1.807) is 30.9 Å². The minimum atomic E-state index is -3.57. The van der Waals surface area contributed by atoms with Gasteiger partial charge in [0.15, 0.2) is 0 Å². The van der Waals surface area contributed by atoms with Gasteiger partial charge in [-0.2, -0.15) is 0 Å². The number of aromatic nitrogens is 4. The number of ether oxygens (including phenoxy) is 1. The van der Waals surface area contributed by atoms with Gasteiger partial charge < -0.3 is 14.6 Å². The van der Waals surface area contributed by atoms with Gasteiger partial charge >= 0.3 is 0 Å². The van der Waals surface area contributed by atoms with E-state index in [1.165, 1.54) is 19.2 Å². The zero-order valence-corrected chi connectivity index (χ0v) is 17.2. The van der Waals surface area contributed by atoms with Crippen LogP contribution in [0.5, 0.6) is 0 Å². The Morgan fingerprint density at radius 2 is 1.97 bits per heavy atom. The summed E-state index contributed by atoms with van der Waals surface area (Å²) in [5.41, 5.74) is 2.36. The molecule has 0 aliphatic carbocycles. The number of benzene rings is 1. The predicted molar refractivity (Wildman–Crippen MR) is 110 cm³/mol. The van der Waals surface area contributed by atoms with Crippen LogP contribution >= 0.6 is 0 Å². The quantitative estimate of drug-likeness (QED) is 0.488. The Kier molecular flexibility index (Phi) is 6.91. The summed E-state index contributed by atoms with van der Waals surface area (Å²) in [6.45, 7) is 3.49. The summed E-state index contributed by atoms with van der Waals surface area (Å²) in [6, 6.07) is 8.22. The summed E-state index contributed by atoms with van der Waals surface area (Å²) < 4.78 is 33.8. The van der Waals surface area contributed by atoms with Crippen LogP contribution in [0.25, 0.3) is 11.4 Å². The number of hydrogen-bond acceptors (Lipinski definition) is 7. The molecule has 9 nitrogen and oxygen atoms in total. The van der Waals surface area contributed by atoms with Crippen LogP contribution in [0.15, 0.2) is 53.9 Å². The molecule has 2 aromatic heterocycles. The molecule has 0 saturated heterocycles. The third-order valence-corrected chi connectivity index (χ3v) is 5.59. The van der Waals surface area contributed by atoms with Gasteiger partial charge in [0.1, 0.15) is 0 Å². The topological polar surface area (TPSA) is 111 Å². The number of methoxy groups -OCH3 is 1. The second-order valence-electron chi connectivity index (χ2n) is 6.28. The maximum Gasteiger partial charge on any atom is 0.240 e. The molecule has 3 aromatic rings. The van der Waals surface area contributed by atoms with Crippen molar-refractivity contribution in [2.45, 2.75) is 24.8 Å². The molecule has 29 heavy (non-hydrogen) atoms. The van der Waals surface area contributed by atoms with Crippen molar-refractivity contribution in [2.75, 3.05) is 25.6 Å². The minimum absolute atomic E-state index is 0.178. The number of imidazole rings is 1. The van der Waals surface area contributed by atoms with Crippen LogP contribution < -0.4 is 10.0 Å². The molecule has 3 rings (SSSR count). The Hall–Kier alpha value is -2.82. The second kappa shape index (κ2) is 9.59. The van der Waals surface area contributed by atoms with Gasteiger partial charge in [0, 0.05) is 32.1 Å². The van der Waals surface area contributed by atoms with Crippen molar-refractivity contribution in [2.24, 2.45) is 0 Å². The monoisotopic (exact) mass is 416 g/mol. The molecule has 0 radical (unpaired) electrons. The average molecular weight is 417 g/mol. The van der Waals surface area contributed by atoms with Gasteiger partial charge in [-0.05, 0) is 36.8 Å². The van der Waals surface area contributed by atoms with Crippen LogP contribution in [0.4, 0.5) is 11.6 Å². The highest BCUT2D eigenvalue weighted by Gasteiger charge is 2.13. The van der Waals surface area contributed by atoms with Crippen molar-refractivity contribution < 1.29 is 13.2 Å². The van der Waals surface area contributed by atoms with E-state index < -0.39 is 10.0 Å². The normalized spacial score (nSPS) is 11.5. The van der Waals surface area contributed by atoms with Crippen LogP contribution in [0.2, 0.25) is 0 Å². The number of rotatable bonds is 10. The van der Waals surface area contributed by atoms with E-state index in [2.05, 4.69) is 31.9 Å². The van der Waals surface area contributed by atoms with Gasteiger partial charge in [-0.3, -0.25) is 0 Å². The molecule has 0 fully saturated rings. The molecule has 0 unspecified atom stereocenters. The third kappa shape index (κ3) is 5.37. The van der Waals surface area contributed by atoms with E-state index in [4.69, 9.17) is 4.74 Å². The van der Waals surface area contributed by atoms with Crippen molar-refractivity contribution in [3.05, 3.63) is 49.1 Å². The molecular formula is C19H24N6O3S. The molecule has 1 aromatic carbocycles. The number of anilines is 2. The summed E-state index contributed by atoms with van der Waals surface area (Å²) in [5, 5.41) is 3.10. The van der Waals surface area contributed by atoms with E-state index in [1.807, 2.05) is 10.6 Å². The average Bonchev–Trinajstić information content (AvgIpc) is 3.17. The van der Waals surface area contributed by atoms with Crippen LogP contribution in [0, 0.1) is 0 Å². The molecule has 0 atom stereocenters. The molecular weight excluding hydrogens is 392 g/mol. The molecule has 0 amide bonds. The van der Waals surface area contributed by atoms with Gasteiger partial charge in [0.25, 0.3) is 0 Å². The lowest BCUT2D eigenvalue weighted by Crippen LogP contribution is -2.27. The molecule has 154 valence electrons. The van der Waals surface area contributed by atoms with E-state index >= 15 is 0 Å². The first-order chi connectivity index (χ1) is 14.0. The lowest BCUT2D eigenvalue weighted by atomic mass is 10.3. The fourth-order valence-electron chi connectivity index (χ4n) is 2.72. The van der Waals surface area contributed by atoms with Crippen LogP contribution in [0.1, 0.15) is 13.3 Å². The summed E-state index contributed by atoms with van der Waals surface area (Å²) in [6.07, 6.45) is 6.23. The smallest absolute Gasteiger partial charge is 0.240 e. The Morgan fingerprint density at radius 1 is 1.17 bits per heavy atom. The second-order valence-corrected chi connectivity index (χ2v) is 8.04. The summed E-state index contributed by atoms with van der Waals surface area (Å²) in [5.74, 6) is 0.417. The molecule has 0 saturated carbocycles. The fourth-order valence-corrected chi connectivity index (χ4v) is 3.74. The Balaban J connectivity index is 1.73. The molecule has 2 N–H and O–H groups in total. The summed E-state index contributed by atoms with van der Waals surface area (Å²) >= 11 is 0. The first-order valence-corrected chi connectivity index (χ1v) is 10.7. The Morgan fingerprint density at radius 3 is 2.69 bits per heavy atom. The van der Waals surface area contributed by atoms with E-state index in [9.17, 15) is 8.42 Å². The van der Waals surface area contributed by atoms with E-state index in [0.717, 1.165) is 24.4 Å². The van der Waals surface area contributed by atoms with E-state index in [0.29, 0.717) is 18.2 Å². The van der Waals surface area contributed by atoms with Crippen molar-refractivity contribution in [1.29, 1.82) is 0 Å². The number of aryl methyl sites for hydroxylation is 1. The highest BCUT2D eigenvalue weighted by Crippen LogP contribution is 2.20. The molecule has 2 heterocycles. The molecule has 0 spiro atoms. The lowest BCUT2D eigenvalue weighted by molar-refractivity contribution is 0.204. The Bertz CT molecular complexity index is 1030. The summed E-state index contributed by atoms with van der Waals surface area (Å²) in [4.78, 5) is 13.2. The lowest BCUT2D eigenvalue weighted by Gasteiger charge is -2.10. The maximum atomic E-state index is 12.2. The van der Waals surface area contributed by atoms with Crippen molar-refractivity contribution in [3.63, 3.8) is 0 Å². The number of nitrogens with one attached hydrogen (secondary N) is 2. The first-order valence-electron chi connectivity index (χ1n) is 9.22. The van der Waals surface area contributed by atoms with E-state index in [-0.39, 0.29) is 11.4 Å². The zero-order chi connectivity index (χ0) is 20.7. The van der Waals surface area contributed by atoms with Crippen LogP contribution in [-0.2, 0) is 21.3 Å². The molecule has 0 aliphatic heterocycles. The highest BCUT2D eigenvalue weighted by atomic mass is 32.2. The van der Waals surface area contributed by atoms with Gasteiger partial charge in [0.05, 0.1) is 35.4 Å².